The van der Waals surface area contributed by atoms with Gasteiger partial charge >= 0.3 is 5.51 Å². The minimum atomic E-state index is -4.89. The van der Waals surface area contributed by atoms with Crippen molar-refractivity contribution >= 4 is 34.1 Å². The number of hydrogen-bond acceptors (Lipinski definition) is 2. The average molecular weight is 286 g/mol. The normalized spacial score (nSPS) is 13.2. The first-order valence-electron chi connectivity index (χ1n) is 4.28. The maximum Gasteiger partial charge on any atom is 0.490 e. The quantitative estimate of drug-likeness (QED) is 0.867. The summed E-state index contributed by atoms with van der Waals surface area (Å²) in [6.45, 7) is 1.23. The van der Waals surface area contributed by atoms with Gasteiger partial charge in [0.1, 0.15) is 0 Å². The van der Waals surface area contributed by atoms with E-state index >= 15 is 0 Å². The van der Waals surface area contributed by atoms with E-state index in [9.17, 15) is 22.2 Å². The second-order valence-corrected chi connectivity index (χ2v) is 4.62. The summed E-state index contributed by atoms with van der Waals surface area (Å²) in [7, 11) is -3.27. The van der Waals surface area contributed by atoms with Crippen LogP contribution in [0.1, 0.15) is 17.3 Å². The van der Waals surface area contributed by atoms with Crippen molar-refractivity contribution in [2.45, 2.75) is 12.4 Å². The Morgan fingerprint density at radius 1 is 1.41 bits per heavy atom. The highest BCUT2D eigenvalue weighted by molar-refractivity contribution is 7.87. The molecule has 0 amide bonds. The predicted octanol–water partition coefficient (Wildman–Crippen LogP) is 3.14. The molecule has 1 aromatic rings. The zero-order valence-corrected chi connectivity index (χ0v) is 10.0. The van der Waals surface area contributed by atoms with E-state index in [4.69, 9.17) is 11.6 Å². The van der Waals surface area contributed by atoms with E-state index in [1.165, 1.54) is 25.1 Å². The van der Waals surface area contributed by atoms with Crippen LogP contribution in [0.4, 0.5) is 18.9 Å². The molecule has 0 saturated carbocycles. The number of Topliss-reactive ketones (excluding diaryl/α,β-unsaturated/α-hetero) is 1. The SMILES string of the molecule is CC(=O)c1cccc(NS(=O)C(F)(F)F)c1Cl. The Kier molecular flexibility index (Phi) is 4.16. The van der Waals surface area contributed by atoms with Gasteiger partial charge in [0.2, 0.25) is 11.0 Å². The molecule has 1 N–H and O–H groups in total. The fourth-order valence-electron chi connectivity index (χ4n) is 1.04. The van der Waals surface area contributed by atoms with Gasteiger partial charge in [-0.15, -0.1) is 0 Å². The van der Waals surface area contributed by atoms with E-state index in [0.29, 0.717) is 0 Å². The standard InChI is InChI=1S/C9H7ClF3NO2S/c1-5(15)6-3-2-4-7(8(6)10)14-17(16)9(11,12)13/h2-4,14H,1H3. The second kappa shape index (κ2) is 5.05. The van der Waals surface area contributed by atoms with Crippen LogP contribution in [0, 0.1) is 0 Å². The molecule has 17 heavy (non-hydrogen) atoms. The summed E-state index contributed by atoms with van der Waals surface area (Å²) in [4.78, 5) is 11.1. The third-order valence-corrected chi connectivity index (χ3v) is 3.02. The number of alkyl halides is 3. The van der Waals surface area contributed by atoms with Crippen molar-refractivity contribution in [3.8, 4) is 0 Å². The summed E-state index contributed by atoms with van der Waals surface area (Å²) in [6.07, 6.45) is 0. The van der Waals surface area contributed by atoms with Gasteiger partial charge in [-0.3, -0.25) is 9.52 Å². The summed E-state index contributed by atoms with van der Waals surface area (Å²) in [5, 5.41) is -0.183. The third-order valence-electron chi connectivity index (χ3n) is 1.79. The van der Waals surface area contributed by atoms with E-state index in [-0.39, 0.29) is 16.3 Å². The topological polar surface area (TPSA) is 46.2 Å². The Bertz CT molecular complexity index is 476. The van der Waals surface area contributed by atoms with Crippen LogP contribution < -0.4 is 4.72 Å². The number of hydrogen-bond donors (Lipinski definition) is 1. The van der Waals surface area contributed by atoms with Crippen molar-refractivity contribution in [1.82, 2.24) is 0 Å². The number of ketones is 1. The number of benzene rings is 1. The molecule has 0 radical (unpaired) electrons. The maximum absolute atomic E-state index is 12.1. The highest BCUT2D eigenvalue weighted by Gasteiger charge is 2.37. The lowest BCUT2D eigenvalue weighted by atomic mass is 10.1. The van der Waals surface area contributed by atoms with Crippen molar-refractivity contribution < 1.29 is 22.2 Å². The molecule has 0 spiro atoms. The molecule has 94 valence electrons. The molecular formula is C9H7ClF3NO2S. The Morgan fingerprint density at radius 3 is 2.47 bits per heavy atom. The van der Waals surface area contributed by atoms with Crippen LogP contribution in [0.25, 0.3) is 0 Å². The van der Waals surface area contributed by atoms with Crippen LogP contribution in [-0.2, 0) is 11.0 Å². The van der Waals surface area contributed by atoms with Crippen LogP contribution in [0.5, 0.6) is 0 Å². The lowest BCUT2D eigenvalue weighted by Crippen LogP contribution is -2.23. The Balaban J connectivity index is 3.05. The highest BCUT2D eigenvalue weighted by atomic mass is 35.5. The van der Waals surface area contributed by atoms with Gasteiger partial charge in [-0.2, -0.15) is 13.2 Å². The molecule has 0 aromatic heterocycles. The largest absolute Gasteiger partial charge is 0.490 e. The monoisotopic (exact) mass is 285 g/mol. The molecule has 1 atom stereocenters. The number of carbonyl (C=O) groups excluding carboxylic acids is 1. The Morgan fingerprint density at radius 2 is 2.00 bits per heavy atom. The molecule has 0 heterocycles. The first-order chi connectivity index (χ1) is 7.73. The molecule has 1 rings (SSSR count). The zero-order chi connectivity index (χ0) is 13.2. The van der Waals surface area contributed by atoms with Crippen molar-refractivity contribution in [3.05, 3.63) is 28.8 Å². The molecule has 0 saturated heterocycles. The van der Waals surface area contributed by atoms with Crippen LogP contribution in [0.2, 0.25) is 5.02 Å². The Labute approximate surface area is 103 Å². The summed E-state index contributed by atoms with van der Waals surface area (Å²) in [5.74, 6) is -0.392. The van der Waals surface area contributed by atoms with Crippen molar-refractivity contribution in [2.24, 2.45) is 0 Å². The summed E-state index contributed by atoms with van der Waals surface area (Å²) in [5.41, 5.74) is -5.03. The third kappa shape index (κ3) is 3.44. The molecule has 1 aromatic carbocycles. The van der Waals surface area contributed by atoms with Crippen LogP contribution in [0.3, 0.4) is 0 Å². The fraction of sp³-hybridized carbons (Fsp3) is 0.222. The van der Waals surface area contributed by atoms with Gasteiger partial charge in [0.05, 0.1) is 10.7 Å². The van der Waals surface area contributed by atoms with E-state index in [1.54, 1.807) is 4.72 Å². The first-order valence-corrected chi connectivity index (χ1v) is 5.81. The van der Waals surface area contributed by atoms with Gasteiger partial charge < -0.3 is 0 Å². The first kappa shape index (κ1) is 14.0. The molecule has 0 aliphatic heterocycles. The van der Waals surface area contributed by atoms with Crippen LogP contribution >= 0.6 is 11.6 Å². The second-order valence-electron chi connectivity index (χ2n) is 3.04. The fourth-order valence-corrected chi connectivity index (χ4v) is 1.89. The zero-order valence-electron chi connectivity index (χ0n) is 8.47. The molecule has 8 heteroatoms. The number of rotatable bonds is 3. The van der Waals surface area contributed by atoms with E-state index in [2.05, 4.69) is 0 Å². The van der Waals surface area contributed by atoms with E-state index < -0.39 is 22.3 Å². The van der Waals surface area contributed by atoms with Gasteiger partial charge in [-0.05, 0) is 19.1 Å². The van der Waals surface area contributed by atoms with Gasteiger partial charge in [-0.1, -0.05) is 17.7 Å². The van der Waals surface area contributed by atoms with Gasteiger partial charge in [0.25, 0.3) is 0 Å². The average Bonchev–Trinajstić information content (AvgIpc) is 2.19. The summed E-state index contributed by atoms with van der Waals surface area (Å²) < 4.78 is 48.7. The van der Waals surface area contributed by atoms with E-state index in [1.807, 2.05) is 0 Å². The Hall–Kier alpha value is -1.08. The molecule has 0 aliphatic carbocycles. The number of nitrogens with one attached hydrogen (secondary N) is 1. The molecule has 0 bridgehead atoms. The number of carbonyl (C=O) groups is 1. The summed E-state index contributed by atoms with van der Waals surface area (Å²) >= 11 is 5.71. The molecule has 0 fully saturated rings. The lowest BCUT2D eigenvalue weighted by molar-refractivity contribution is -0.0379. The van der Waals surface area contributed by atoms with Gasteiger partial charge in [0, 0.05) is 5.56 Å². The molecular weight excluding hydrogens is 279 g/mol. The van der Waals surface area contributed by atoms with Crippen molar-refractivity contribution in [1.29, 1.82) is 0 Å². The lowest BCUT2D eigenvalue weighted by Gasteiger charge is -2.11. The predicted molar refractivity (Wildman–Crippen MR) is 59.3 cm³/mol. The smallest absolute Gasteiger partial charge is 0.296 e. The van der Waals surface area contributed by atoms with E-state index in [0.717, 1.165) is 0 Å². The number of halogens is 4. The minimum Gasteiger partial charge on any atom is -0.296 e. The number of anilines is 1. The maximum atomic E-state index is 12.1. The molecule has 0 aliphatic rings. The van der Waals surface area contributed by atoms with Crippen molar-refractivity contribution in [3.63, 3.8) is 0 Å². The highest BCUT2D eigenvalue weighted by Crippen LogP contribution is 2.29. The van der Waals surface area contributed by atoms with Crippen LogP contribution in [-0.4, -0.2) is 15.5 Å². The summed E-state index contributed by atoms with van der Waals surface area (Å²) in [6, 6.07) is 3.92. The molecule has 1 unspecified atom stereocenters. The molecule has 3 nitrogen and oxygen atoms in total. The van der Waals surface area contributed by atoms with Crippen molar-refractivity contribution in [2.75, 3.05) is 4.72 Å². The van der Waals surface area contributed by atoms with Crippen LogP contribution in [0.15, 0.2) is 18.2 Å². The van der Waals surface area contributed by atoms with Gasteiger partial charge in [0.15, 0.2) is 5.78 Å². The van der Waals surface area contributed by atoms with Gasteiger partial charge in [-0.25, -0.2) is 4.21 Å². The minimum absolute atomic E-state index is 0.0656.